The van der Waals surface area contributed by atoms with E-state index in [4.69, 9.17) is 22.7 Å². The molecule has 0 saturated carbocycles. The van der Waals surface area contributed by atoms with Gasteiger partial charge in [0.05, 0.1) is 5.56 Å². The summed E-state index contributed by atoms with van der Waals surface area (Å²) in [4.78, 5) is 0. The molecular formula is C10H7ClF6N2O. The van der Waals surface area contributed by atoms with E-state index in [9.17, 15) is 26.3 Å². The van der Waals surface area contributed by atoms with Gasteiger partial charge >= 0.3 is 12.4 Å². The van der Waals surface area contributed by atoms with Crippen molar-refractivity contribution in [1.29, 1.82) is 5.41 Å². The van der Waals surface area contributed by atoms with Gasteiger partial charge in [0.25, 0.3) is 6.10 Å². The molecule has 0 bridgehead atoms. The Morgan fingerprint density at radius 3 is 2.05 bits per heavy atom. The number of alkyl halides is 6. The number of nitrogen functional groups attached to an aromatic ring is 1. The van der Waals surface area contributed by atoms with Crippen molar-refractivity contribution in [3.05, 3.63) is 28.8 Å². The molecule has 0 atom stereocenters. The summed E-state index contributed by atoms with van der Waals surface area (Å²) in [6.45, 7) is 0. The predicted octanol–water partition coefficient (Wildman–Crippen LogP) is 3.50. The van der Waals surface area contributed by atoms with Crippen LogP contribution in [0.3, 0.4) is 0 Å². The van der Waals surface area contributed by atoms with Crippen molar-refractivity contribution in [3.8, 4) is 5.75 Å². The van der Waals surface area contributed by atoms with Gasteiger partial charge in [0.15, 0.2) is 0 Å². The summed E-state index contributed by atoms with van der Waals surface area (Å²) in [6, 6.07) is 2.74. The maximum Gasteiger partial charge on any atom is 0.434 e. The average Bonchev–Trinajstić information content (AvgIpc) is 2.23. The second kappa shape index (κ2) is 5.39. The van der Waals surface area contributed by atoms with E-state index in [1.807, 2.05) is 0 Å². The molecule has 1 aromatic rings. The number of rotatable bonds is 3. The first kappa shape index (κ1) is 16.4. The van der Waals surface area contributed by atoms with Gasteiger partial charge in [-0.1, -0.05) is 11.6 Å². The van der Waals surface area contributed by atoms with E-state index in [1.165, 1.54) is 0 Å². The molecule has 0 radical (unpaired) electrons. The number of ether oxygens (including phenoxy) is 1. The molecule has 0 aromatic heterocycles. The number of nitrogens with two attached hydrogens (primary N) is 1. The fourth-order valence-corrected chi connectivity index (χ4v) is 1.43. The van der Waals surface area contributed by atoms with Crippen LogP contribution in [0.5, 0.6) is 5.75 Å². The molecule has 0 spiro atoms. The molecule has 0 saturated heterocycles. The topological polar surface area (TPSA) is 59.1 Å². The Kier molecular flexibility index (Phi) is 4.42. The first-order chi connectivity index (χ1) is 8.93. The summed E-state index contributed by atoms with van der Waals surface area (Å²) >= 11 is 5.53. The smallest absolute Gasteiger partial charge is 0.434 e. The number of benzene rings is 1. The van der Waals surface area contributed by atoms with Crippen molar-refractivity contribution in [2.24, 2.45) is 5.73 Å². The van der Waals surface area contributed by atoms with E-state index in [0.29, 0.717) is 0 Å². The largest absolute Gasteiger partial charge is 0.471 e. The first-order valence-electron chi connectivity index (χ1n) is 4.87. The Labute approximate surface area is 113 Å². The summed E-state index contributed by atoms with van der Waals surface area (Å²) in [6.07, 6.45) is -15.3. The maximum absolute atomic E-state index is 12.4. The molecular weight excluding hydrogens is 314 g/mol. The zero-order chi connectivity index (χ0) is 15.7. The Morgan fingerprint density at radius 1 is 1.15 bits per heavy atom. The van der Waals surface area contributed by atoms with Gasteiger partial charge in [0.2, 0.25) is 0 Å². The minimum Gasteiger partial charge on any atom is -0.471 e. The van der Waals surface area contributed by atoms with E-state index >= 15 is 0 Å². The number of hydrogen-bond donors (Lipinski definition) is 2. The van der Waals surface area contributed by atoms with Gasteiger partial charge in [-0.25, -0.2) is 0 Å². The minimum atomic E-state index is -5.66. The van der Waals surface area contributed by atoms with Crippen LogP contribution in [0.25, 0.3) is 0 Å². The molecule has 0 unspecified atom stereocenters. The molecule has 10 heteroatoms. The first-order valence-corrected chi connectivity index (χ1v) is 5.24. The molecule has 0 aliphatic heterocycles. The number of amidine groups is 1. The Hall–Kier alpha value is -1.64. The zero-order valence-electron chi connectivity index (χ0n) is 9.44. The Morgan fingerprint density at radius 2 is 1.65 bits per heavy atom. The second-order valence-corrected chi connectivity index (χ2v) is 4.07. The van der Waals surface area contributed by atoms with Crippen LogP contribution in [-0.4, -0.2) is 24.3 Å². The highest BCUT2D eigenvalue weighted by molar-refractivity contribution is 6.31. The molecule has 20 heavy (non-hydrogen) atoms. The Bertz CT molecular complexity index is 499. The summed E-state index contributed by atoms with van der Waals surface area (Å²) in [5.41, 5.74) is 4.60. The molecule has 0 fully saturated rings. The molecule has 0 heterocycles. The van der Waals surface area contributed by atoms with Crippen LogP contribution in [-0.2, 0) is 0 Å². The van der Waals surface area contributed by atoms with Crippen LogP contribution in [0.4, 0.5) is 26.3 Å². The SMILES string of the molecule is N=C(N)c1cc(Cl)ccc1OC(C(F)(F)F)C(F)(F)F. The average molecular weight is 321 g/mol. The summed E-state index contributed by atoms with van der Waals surface area (Å²) in [5.74, 6) is -1.60. The van der Waals surface area contributed by atoms with Gasteiger partial charge in [0, 0.05) is 5.02 Å². The molecule has 0 aliphatic carbocycles. The number of nitrogens with one attached hydrogen (secondary N) is 1. The quantitative estimate of drug-likeness (QED) is 0.509. The molecule has 0 aliphatic rings. The maximum atomic E-state index is 12.4. The lowest BCUT2D eigenvalue weighted by molar-refractivity contribution is -0.299. The van der Waals surface area contributed by atoms with Crippen LogP contribution in [0.1, 0.15) is 5.56 Å². The summed E-state index contributed by atoms with van der Waals surface area (Å²) in [5, 5.41) is 7.09. The third kappa shape index (κ3) is 3.92. The minimum absolute atomic E-state index is 0.0156. The fraction of sp³-hybridized carbons (Fsp3) is 0.300. The van der Waals surface area contributed by atoms with E-state index in [2.05, 4.69) is 4.74 Å². The van der Waals surface area contributed by atoms with Crippen molar-refractivity contribution < 1.29 is 31.1 Å². The van der Waals surface area contributed by atoms with E-state index in [1.54, 1.807) is 0 Å². The third-order valence-corrected chi connectivity index (χ3v) is 2.31. The van der Waals surface area contributed by atoms with Crippen molar-refractivity contribution in [1.82, 2.24) is 0 Å². The molecule has 112 valence electrons. The van der Waals surface area contributed by atoms with Gasteiger partial charge in [-0.05, 0) is 18.2 Å². The highest BCUT2D eigenvalue weighted by Gasteiger charge is 2.59. The number of hydrogen-bond acceptors (Lipinski definition) is 2. The highest BCUT2D eigenvalue weighted by Crippen LogP contribution is 2.37. The van der Waals surface area contributed by atoms with Gasteiger partial charge in [-0.2, -0.15) is 26.3 Å². The van der Waals surface area contributed by atoms with Gasteiger partial charge in [0.1, 0.15) is 11.6 Å². The second-order valence-electron chi connectivity index (χ2n) is 3.64. The lowest BCUT2D eigenvalue weighted by Gasteiger charge is -2.24. The number of halogens is 7. The van der Waals surface area contributed by atoms with Crippen LogP contribution in [0, 0.1) is 5.41 Å². The highest BCUT2D eigenvalue weighted by atomic mass is 35.5. The van der Waals surface area contributed by atoms with Crippen LogP contribution < -0.4 is 10.5 Å². The standard InChI is InChI=1S/C10H7ClF6N2O/c11-4-1-2-6(5(3-4)7(18)19)20-8(9(12,13)14)10(15,16)17/h1-3,8H,(H3,18,19). The molecule has 0 amide bonds. The van der Waals surface area contributed by atoms with Crippen molar-refractivity contribution in [2.45, 2.75) is 18.5 Å². The lowest BCUT2D eigenvalue weighted by atomic mass is 10.2. The van der Waals surface area contributed by atoms with Crippen molar-refractivity contribution in [2.75, 3.05) is 0 Å². The normalized spacial score (nSPS) is 12.6. The van der Waals surface area contributed by atoms with Crippen LogP contribution in [0.2, 0.25) is 5.02 Å². The summed E-state index contributed by atoms with van der Waals surface area (Å²) in [7, 11) is 0. The molecule has 3 N–H and O–H groups in total. The van der Waals surface area contributed by atoms with E-state index in [-0.39, 0.29) is 5.02 Å². The van der Waals surface area contributed by atoms with Crippen molar-refractivity contribution >= 4 is 17.4 Å². The van der Waals surface area contributed by atoms with Gasteiger partial charge < -0.3 is 10.5 Å². The fourth-order valence-electron chi connectivity index (χ4n) is 1.26. The molecule has 1 rings (SSSR count). The zero-order valence-corrected chi connectivity index (χ0v) is 10.2. The van der Waals surface area contributed by atoms with Gasteiger partial charge in [-0.3, -0.25) is 5.41 Å². The van der Waals surface area contributed by atoms with Crippen molar-refractivity contribution in [3.63, 3.8) is 0 Å². The van der Waals surface area contributed by atoms with E-state index < -0.39 is 35.6 Å². The molecule has 1 aromatic carbocycles. The molecule has 3 nitrogen and oxygen atoms in total. The van der Waals surface area contributed by atoms with Crippen LogP contribution >= 0.6 is 11.6 Å². The van der Waals surface area contributed by atoms with E-state index in [0.717, 1.165) is 18.2 Å². The van der Waals surface area contributed by atoms with Gasteiger partial charge in [-0.15, -0.1) is 0 Å². The lowest BCUT2D eigenvalue weighted by Crippen LogP contribution is -2.46. The van der Waals surface area contributed by atoms with Crippen LogP contribution in [0.15, 0.2) is 18.2 Å². The predicted molar refractivity (Wildman–Crippen MR) is 59.0 cm³/mol. The Balaban J connectivity index is 3.22. The third-order valence-electron chi connectivity index (χ3n) is 2.07. The summed E-state index contributed by atoms with van der Waals surface area (Å²) < 4.78 is 78.1. The monoisotopic (exact) mass is 320 g/mol.